The van der Waals surface area contributed by atoms with E-state index in [1.807, 2.05) is 43.6 Å². The van der Waals surface area contributed by atoms with Gasteiger partial charge in [0.15, 0.2) is 11.5 Å². The summed E-state index contributed by atoms with van der Waals surface area (Å²) in [7, 11) is 1.81. The summed E-state index contributed by atoms with van der Waals surface area (Å²) < 4.78 is 13.2. The molecule has 31 heavy (non-hydrogen) atoms. The second-order valence-electron chi connectivity index (χ2n) is 7.64. The predicted molar refractivity (Wildman–Crippen MR) is 119 cm³/mol. The van der Waals surface area contributed by atoms with Gasteiger partial charge in [-0.05, 0) is 36.2 Å². The Balaban J connectivity index is 1.33. The normalized spacial score (nSPS) is 13.2. The number of nitrogens with zero attached hydrogens (tertiary/aromatic N) is 2. The van der Waals surface area contributed by atoms with Gasteiger partial charge in [0.2, 0.25) is 0 Å². The number of aromatic nitrogens is 3. The maximum atomic E-state index is 13.0. The number of hydrogen-bond acceptors (Lipinski definition) is 4. The topological polar surface area (TPSA) is 81.2 Å². The molecule has 0 unspecified atom stereocenters. The number of fused-ring (bicyclic) bond motifs is 2. The van der Waals surface area contributed by atoms with Gasteiger partial charge in [-0.3, -0.25) is 9.48 Å². The molecular formula is C24H24N4O3. The number of H-pyrrole nitrogens is 1. The van der Waals surface area contributed by atoms with E-state index in [-0.39, 0.29) is 5.91 Å². The second-order valence-corrected chi connectivity index (χ2v) is 7.64. The van der Waals surface area contributed by atoms with E-state index in [1.165, 1.54) is 10.9 Å². The molecule has 0 saturated carbocycles. The fourth-order valence-corrected chi connectivity index (χ4v) is 3.92. The Morgan fingerprint density at radius 1 is 1.16 bits per heavy atom. The van der Waals surface area contributed by atoms with Crippen LogP contribution in [-0.4, -0.2) is 40.4 Å². The zero-order valence-electron chi connectivity index (χ0n) is 17.4. The van der Waals surface area contributed by atoms with Crippen molar-refractivity contribution in [3.05, 3.63) is 66.0 Å². The SMILES string of the molecule is Cn1cc(C(=O)NCCc2c[nH]c3ccccc23)c(-c2ccc3c(c2)OCCCO3)n1. The van der Waals surface area contributed by atoms with Gasteiger partial charge in [-0.1, -0.05) is 18.2 Å². The van der Waals surface area contributed by atoms with Crippen LogP contribution in [0.15, 0.2) is 54.9 Å². The molecular weight excluding hydrogens is 392 g/mol. The van der Waals surface area contributed by atoms with E-state index in [0.29, 0.717) is 36.8 Å². The standard InChI is InChI=1S/C24H24N4O3/c1-28-15-19(23(27-28)16-7-8-21-22(13-16)31-12-4-11-30-21)24(29)25-10-9-17-14-26-20-6-3-2-5-18(17)20/h2-3,5-8,13-15,26H,4,9-12H2,1H3,(H,25,29). The molecule has 4 aromatic rings. The van der Waals surface area contributed by atoms with Crippen LogP contribution in [0.3, 0.4) is 0 Å². The van der Waals surface area contributed by atoms with Gasteiger partial charge in [-0.25, -0.2) is 0 Å². The highest BCUT2D eigenvalue weighted by Crippen LogP contribution is 2.34. The molecule has 0 atom stereocenters. The van der Waals surface area contributed by atoms with E-state index < -0.39 is 0 Å². The third-order valence-corrected chi connectivity index (χ3v) is 5.45. The molecule has 0 fully saturated rings. The monoisotopic (exact) mass is 416 g/mol. The van der Waals surface area contributed by atoms with Crippen LogP contribution in [-0.2, 0) is 13.5 Å². The van der Waals surface area contributed by atoms with Crippen molar-refractivity contribution in [2.45, 2.75) is 12.8 Å². The van der Waals surface area contributed by atoms with Crippen molar-refractivity contribution in [2.75, 3.05) is 19.8 Å². The molecule has 3 heterocycles. The van der Waals surface area contributed by atoms with Crippen LogP contribution < -0.4 is 14.8 Å². The van der Waals surface area contributed by atoms with Crippen LogP contribution >= 0.6 is 0 Å². The molecule has 0 spiro atoms. The predicted octanol–water partition coefficient (Wildman–Crippen LogP) is 3.70. The molecule has 1 aliphatic heterocycles. The summed E-state index contributed by atoms with van der Waals surface area (Å²) in [6, 6.07) is 13.9. The summed E-state index contributed by atoms with van der Waals surface area (Å²) in [5, 5.41) is 8.75. The molecule has 7 heteroatoms. The number of para-hydroxylation sites is 1. The van der Waals surface area contributed by atoms with Crippen LogP contribution in [0.5, 0.6) is 11.5 Å². The van der Waals surface area contributed by atoms with Crippen molar-refractivity contribution in [2.24, 2.45) is 7.05 Å². The molecule has 0 bridgehead atoms. The molecule has 7 nitrogen and oxygen atoms in total. The minimum Gasteiger partial charge on any atom is -0.490 e. The number of nitrogens with one attached hydrogen (secondary N) is 2. The lowest BCUT2D eigenvalue weighted by Crippen LogP contribution is -2.25. The average Bonchev–Trinajstić information content (AvgIpc) is 3.29. The first-order valence-corrected chi connectivity index (χ1v) is 10.5. The van der Waals surface area contributed by atoms with Crippen LogP contribution in [0, 0.1) is 0 Å². The van der Waals surface area contributed by atoms with Crippen molar-refractivity contribution in [3.63, 3.8) is 0 Å². The van der Waals surface area contributed by atoms with E-state index in [9.17, 15) is 4.79 Å². The third-order valence-electron chi connectivity index (χ3n) is 5.45. The Morgan fingerprint density at radius 3 is 2.90 bits per heavy atom. The first kappa shape index (κ1) is 19.2. The van der Waals surface area contributed by atoms with E-state index >= 15 is 0 Å². The third kappa shape index (κ3) is 3.86. The van der Waals surface area contributed by atoms with E-state index in [4.69, 9.17) is 9.47 Å². The molecule has 0 saturated heterocycles. The van der Waals surface area contributed by atoms with Crippen molar-refractivity contribution >= 4 is 16.8 Å². The lowest BCUT2D eigenvalue weighted by molar-refractivity contribution is 0.0954. The summed E-state index contributed by atoms with van der Waals surface area (Å²) >= 11 is 0. The summed E-state index contributed by atoms with van der Waals surface area (Å²) in [4.78, 5) is 16.2. The second kappa shape index (κ2) is 8.18. The summed E-state index contributed by atoms with van der Waals surface area (Å²) in [6.45, 7) is 1.79. The Hall–Kier alpha value is -3.74. The van der Waals surface area contributed by atoms with E-state index in [2.05, 4.69) is 27.5 Å². The van der Waals surface area contributed by atoms with Crippen LogP contribution in [0.25, 0.3) is 22.2 Å². The van der Waals surface area contributed by atoms with Gasteiger partial charge < -0.3 is 19.8 Å². The number of aryl methyl sites for hydroxylation is 1. The lowest BCUT2D eigenvalue weighted by Gasteiger charge is -2.09. The van der Waals surface area contributed by atoms with E-state index in [1.54, 1.807) is 10.9 Å². The number of ether oxygens (including phenoxy) is 2. The molecule has 158 valence electrons. The summed E-state index contributed by atoms with van der Waals surface area (Å²) in [5.74, 6) is 1.27. The van der Waals surface area contributed by atoms with Gasteiger partial charge >= 0.3 is 0 Å². The van der Waals surface area contributed by atoms with Crippen molar-refractivity contribution in [1.29, 1.82) is 0 Å². The fourth-order valence-electron chi connectivity index (χ4n) is 3.92. The Morgan fingerprint density at radius 2 is 2.00 bits per heavy atom. The highest BCUT2D eigenvalue weighted by atomic mass is 16.5. The molecule has 1 aliphatic rings. The summed E-state index contributed by atoms with van der Waals surface area (Å²) in [5.41, 5.74) is 4.28. The Labute approximate surface area is 180 Å². The fraction of sp³-hybridized carbons (Fsp3) is 0.250. The Bertz CT molecular complexity index is 1240. The minimum atomic E-state index is -0.143. The van der Waals surface area contributed by atoms with Gasteiger partial charge in [-0.15, -0.1) is 0 Å². The van der Waals surface area contributed by atoms with Gasteiger partial charge in [0, 0.05) is 48.9 Å². The lowest BCUT2D eigenvalue weighted by atomic mass is 10.1. The first-order valence-electron chi connectivity index (χ1n) is 10.5. The number of amides is 1. The number of aromatic amines is 1. The molecule has 1 amide bonds. The van der Waals surface area contributed by atoms with Gasteiger partial charge in [0.25, 0.3) is 5.91 Å². The average molecular weight is 416 g/mol. The summed E-state index contributed by atoms with van der Waals surface area (Å²) in [6.07, 6.45) is 5.34. The minimum absolute atomic E-state index is 0.143. The zero-order chi connectivity index (χ0) is 21.2. The molecule has 2 aromatic heterocycles. The van der Waals surface area contributed by atoms with Crippen LogP contribution in [0.4, 0.5) is 0 Å². The quantitative estimate of drug-likeness (QED) is 0.520. The number of carbonyl (C=O) groups is 1. The zero-order valence-corrected chi connectivity index (χ0v) is 17.4. The van der Waals surface area contributed by atoms with Crippen molar-refractivity contribution in [1.82, 2.24) is 20.1 Å². The molecule has 0 aliphatic carbocycles. The Kier molecular flexibility index (Phi) is 5.08. The smallest absolute Gasteiger partial charge is 0.255 e. The highest BCUT2D eigenvalue weighted by molar-refractivity contribution is 6.00. The first-order chi connectivity index (χ1) is 15.2. The van der Waals surface area contributed by atoms with Crippen molar-refractivity contribution in [3.8, 4) is 22.8 Å². The van der Waals surface area contributed by atoms with Crippen molar-refractivity contribution < 1.29 is 14.3 Å². The van der Waals surface area contributed by atoms with Crippen LogP contribution in [0.1, 0.15) is 22.3 Å². The molecule has 2 N–H and O–H groups in total. The number of benzene rings is 2. The number of hydrogen-bond donors (Lipinski definition) is 2. The van der Waals surface area contributed by atoms with Gasteiger partial charge in [0.05, 0.1) is 18.8 Å². The highest BCUT2D eigenvalue weighted by Gasteiger charge is 2.19. The maximum absolute atomic E-state index is 13.0. The number of rotatable bonds is 5. The van der Waals surface area contributed by atoms with Crippen LogP contribution in [0.2, 0.25) is 0 Å². The van der Waals surface area contributed by atoms with Gasteiger partial charge in [0.1, 0.15) is 5.69 Å². The van der Waals surface area contributed by atoms with E-state index in [0.717, 1.165) is 29.7 Å². The number of carbonyl (C=O) groups excluding carboxylic acids is 1. The molecule has 0 radical (unpaired) electrons. The molecule has 2 aromatic carbocycles. The van der Waals surface area contributed by atoms with Gasteiger partial charge in [-0.2, -0.15) is 5.10 Å². The maximum Gasteiger partial charge on any atom is 0.255 e. The molecule has 5 rings (SSSR count). The largest absolute Gasteiger partial charge is 0.490 e.